The lowest BCUT2D eigenvalue weighted by molar-refractivity contribution is -0.124. The lowest BCUT2D eigenvalue weighted by Gasteiger charge is -2.36. The fourth-order valence-corrected chi connectivity index (χ4v) is 3.32. The molecule has 106 valence electrons. The van der Waals surface area contributed by atoms with Crippen molar-refractivity contribution in [1.29, 1.82) is 5.26 Å². The molecular weight excluding hydrogens is 240 g/mol. The quantitative estimate of drug-likeness (QED) is 0.784. The summed E-state index contributed by atoms with van der Waals surface area (Å²) in [4.78, 5) is 14.3. The van der Waals surface area contributed by atoms with Crippen LogP contribution in [0.25, 0.3) is 0 Å². The van der Waals surface area contributed by atoms with Crippen LogP contribution in [0.3, 0.4) is 0 Å². The largest absolute Gasteiger partial charge is 0.337 e. The van der Waals surface area contributed by atoms with E-state index in [9.17, 15) is 10.1 Å². The van der Waals surface area contributed by atoms with Gasteiger partial charge in [0.05, 0.1) is 12.6 Å². The van der Waals surface area contributed by atoms with Crippen LogP contribution in [0, 0.1) is 11.3 Å². The topological polar surface area (TPSA) is 68.2 Å². The summed E-state index contributed by atoms with van der Waals surface area (Å²) in [7, 11) is 0. The maximum absolute atomic E-state index is 12.1. The molecule has 2 atom stereocenters. The maximum atomic E-state index is 12.1. The molecule has 2 aliphatic rings. The van der Waals surface area contributed by atoms with Gasteiger partial charge in [0, 0.05) is 25.2 Å². The van der Waals surface area contributed by atoms with Crippen LogP contribution in [-0.2, 0) is 4.79 Å². The molecule has 2 rings (SSSR count). The Morgan fingerprint density at radius 2 is 1.95 bits per heavy atom. The third-order valence-corrected chi connectivity index (χ3v) is 4.05. The highest BCUT2D eigenvalue weighted by Crippen LogP contribution is 2.28. The number of hydrogen-bond donors (Lipinski definition) is 2. The van der Waals surface area contributed by atoms with Gasteiger partial charge < -0.3 is 10.6 Å². The fourth-order valence-electron chi connectivity index (χ4n) is 3.32. The molecule has 19 heavy (non-hydrogen) atoms. The third kappa shape index (κ3) is 3.68. The van der Waals surface area contributed by atoms with Crippen molar-refractivity contribution in [1.82, 2.24) is 15.5 Å². The van der Waals surface area contributed by atoms with Gasteiger partial charge in [0.1, 0.15) is 5.54 Å². The molecule has 1 heterocycles. The molecule has 0 aromatic carbocycles. The van der Waals surface area contributed by atoms with E-state index in [-0.39, 0.29) is 5.91 Å². The van der Waals surface area contributed by atoms with Gasteiger partial charge in [-0.2, -0.15) is 5.26 Å². The van der Waals surface area contributed by atoms with Crippen molar-refractivity contribution in [3.63, 3.8) is 0 Å². The molecule has 1 aliphatic heterocycles. The Morgan fingerprint density at radius 1 is 1.37 bits per heavy atom. The minimum atomic E-state index is -0.595. The Hall–Kier alpha value is -1.12. The number of nitrogens with zero attached hydrogens (tertiary/aromatic N) is 2. The summed E-state index contributed by atoms with van der Waals surface area (Å²) in [5, 5.41) is 15.7. The Bertz CT molecular complexity index is 360. The van der Waals surface area contributed by atoms with Gasteiger partial charge in [0.25, 0.3) is 0 Å². The van der Waals surface area contributed by atoms with Crippen LogP contribution in [0.1, 0.15) is 39.5 Å². The van der Waals surface area contributed by atoms with Crippen LogP contribution in [0.15, 0.2) is 0 Å². The van der Waals surface area contributed by atoms with Gasteiger partial charge in [0.2, 0.25) is 5.91 Å². The van der Waals surface area contributed by atoms with Crippen molar-refractivity contribution in [3.8, 4) is 6.07 Å². The number of hydrogen-bond acceptors (Lipinski definition) is 4. The van der Waals surface area contributed by atoms with Crippen LogP contribution in [0.5, 0.6) is 0 Å². The minimum absolute atomic E-state index is 0.00949. The van der Waals surface area contributed by atoms with E-state index in [2.05, 4.69) is 35.5 Å². The van der Waals surface area contributed by atoms with Crippen LogP contribution in [-0.4, -0.2) is 48.1 Å². The van der Waals surface area contributed by atoms with Gasteiger partial charge in [-0.1, -0.05) is 0 Å². The summed E-state index contributed by atoms with van der Waals surface area (Å²) in [6.07, 6.45) is 3.66. The number of nitriles is 1. The standard InChI is InChI=1S/C14H24N4O/c1-11-7-18(8-12(2)16-11)9-13(19)17-14(10-15)5-3-4-6-14/h11-12,16H,3-9H2,1-2H3,(H,17,19). The average molecular weight is 264 g/mol. The zero-order chi connectivity index (χ0) is 13.9. The average Bonchev–Trinajstić information content (AvgIpc) is 2.76. The summed E-state index contributed by atoms with van der Waals surface area (Å²) < 4.78 is 0. The molecule has 5 nitrogen and oxygen atoms in total. The highest BCUT2D eigenvalue weighted by atomic mass is 16.2. The summed E-state index contributed by atoms with van der Waals surface area (Å²) in [6, 6.07) is 3.12. The highest BCUT2D eigenvalue weighted by molar-refractivity contribution is 5.79. The van der Waals surface area contributed by atoms with Crippen molar-refractivity contribution >= 4 is 5.91 Å². The smallest absolute Gasteiger partial charge is 0.235 e. The second-order valence-electron chi connectivity index (χ2n) is 6.11. The number of piperazine rings is 1. The zero-order valence-corrected chi connectivity index (χ0v) is 11.9. The SMILES string of the molecule is CC1CN(CC(=O)NC2(C#N)CCCC2)CC(C)N1. The van der Waals surface area contributed by atoms with E-state index in [4.69, 9.17) is 0 Å². The third-order valence-electron chi connectivity index (χ3n) is 4.05. The van der Waals surface area contributed by atoms with E-state index in [1.807, 2.05) is 0 Å². The molecular formula is C14H24N4O. The first kappa shape index (κ1) is 14.3. The second-order valence-corrected chi connectivity index (χ2v) is 6.11. The summed E-state index contributed by atoms with van der Waals surface area (Å²) >= 11 is 0. The molecule has 5 heteroatoms. The lowest BCUT2D eigenvalue weighted by Crippen LogP contribution is -2.57. The van der Waals surface area contributed by atoms with Gasteiger partial charge in [-0.15, -0.1) is 0 Å². The Kier molecular flexibility index (Phi) is 4.43. The molecule has 0 bridgehead atoms. The van der Waals surface area contributed by atoms with Gasteiger partial charge in [0.15, 0.2) is 0 Å². The number of carbonyl (C=O) groups excluding carboxylic acids is 1. The maximum Gasteiger partial charge on any atom is 0.235 e. The lowest BCUT2D eigenvalue weighted by atomic mass is 10.00. The van der Waals surface area contributed by atoms with Gasteiger partial charge in [-0.25, -0.2) is 0 Å². The first-order valence-corrected chi connectivity index (χ1v) is 7.24. The van der Waals surface area contributed by atoms with E-state index in [0.717, 1.165) is 38.8 Å². The molecule has 1 saturated carbocycles. The Labute approximate surface area is 115 Å². The predicted molar refractivity (Wildman–Crippen MR) is 73.5 cm³/mol. The molecule has 0 radical (unpaired) electrons. The van der Waals surface area contributed by atoms with E-state index in [0.29, 0.717) is 18.6 Å². The van der Waals surface area contributed by atoms with Crippen molar-refractivity contribution in [3.05, 3.63) is 0 Å². The number of rotatable bonds is 3. The van der Waals surface area contributed by atoms with E-state index in [1.54, 1.807) is 0 Å². The fraction of sp³-hybridized carbons (Fsp3) is 0.857. The molecule has 2 N–H and O–H groups in total. The van der Waals surface area contributed by atoms with Gasteiger partial charge in [-0.3, -0.25) is 9.69 Å². The first-order valence-electron chi connectivity index (χ1n) is 7.24. The van der Waals surface area contributed by atoms with Crippen LogP contribution < -0.4 is 10.6 Å². The van der Waals surface area contributed by atoms with Gasteiger partial charge in [-0.05, 0) is 39.5 Å². The Morgan fingerprint density at radius 3 is 2.47 bits per heavy atom. The molecule has 2 fully saturated rings. The summed E-state index contributed by atoms with van der Waals surface area (Å²) in [5.41, 5.74) is -0.595. The second kappa shape index (κ2) is 5.89. The van der Waals surface area contributed by atoms with Crippen LogP contribution >= 0.6 is 0 Å². The van der Waals surface area contributed by atoms with Gasteiger partial charge >= 0.3 is 0 Å². The van der Waals surface area contributed by atoms with Crippen molar-refractivity contribution in [2.24, 2.45) is 0 Å². The minimum Gasteiger partial charge on any atom is -0.337 e. The predicted octanol–water partition coefficient (Wildman–Crippen LogP) is 0.621. The van der Waals surface area contributed by atoms with E-state index < -0.39 is 5.54 Å². The molecule has 0 spiro atoms. The number of amides is 1. The van der Waals surface area contributed by atoms with Crippen molar-refractivity contribution in [2.75, 3.05) is 19.6 Å². The number of nitrogens with one attached hydrogen (secondary N) is 2. The van der Waals surface area contributed by atoms with Crippen molar-refractivity contribution < 1.29 is 4.79 Å². The van der Waals surface area contributed by atoms with Crippen LogP contribution in [0.2, 0.25) is 0 Å². The highest BCUT2D eigenvalue weighted by Gasteiger charge is 2.35. The molecule has 1 aliphatic carbocycles. The molecule has 1 saturated heterocycles. The molecule has 0 aromatic heterocycles. The molecule has 0 aromatic rings. The molecule has 2 unspecified atom stereocenters. The number of carbonyl (C=O) groups is 1. The van der Waals surface area contributed by atoms with Crippen molar-refractivity contribution in [2.45, 2.75) is 57.2 Å². The zero-order valence-electron chi connectivity index (χ0n) is 11.9. The van der Waals surface area contributed by atoms with E-state index >= 15 is 0 Å². The monoisotopic (exact) mass is 264 g/mol. The normalized spacial score (nSPS) is 30.8. The van der Waals surface area contributed by atoms with E-state index in [1.165, 1.54) is 0 Å². The molecule has 1 amide bonds. The van der Waals surface area contributed by atoms with Crippen LogP contribution in [0.4, 0.5) is 0 Å². The first-order chi connectivity index (χ1) is 9.03. The summed E-state index contributed by atoms with van der Waals surface area (Å²) in [6.45, 7) is 6.44. The summed E-state index contributed by atoms with van der Waals surface area (Å²) in [5.74, 6) is -0.00949. The Balaban J connectivity index is 1.85.